The number of hydrogen-bond acceptors (Lipinski definition) is 3. The maximum Gasteiger partial charge on any atom is 0.187 e. The van der Waals surface area contributed by atoms with Gasteiger partial charge in [-0.3, -0.25) is 4.79 Å². The zero-order valence-electron chi connectivity index (χ0n) is 14.6. The highest BCUT2D eigenvalue weighted by atomic mass is 35.5. The summed E-state index contributed by atoms with van der Waals surface area (Å²) in [5, 5.41) is 4.51. The summed E-state index contributed by atoms with van der Waals surface area (Å²) in [4.78, 5) is 14.1. The smallest absolute Gasteiger partial charge is 0.187 e. The Kier molecular flexibility index (Phi) is 6.62. The van der Waals surface area contributed by atoms with Crippen molar-refractivity contribution in [2.24, 2.45) is 0 Å². The molecule has 27 heavy (non-hydrogen) atoms. The van der Waals surface area contributed by atoms with Gasteiger partial charge in [-0.15, -0.1) is 0 Å². The number of hydrogen-bond donors (Lipinski definition) is 1. The molecule has 0 heterocycles. The molecule has 0 radical (unpaired) electrons. The van der Waals surface area contributed by atoms with Gasteiger partial charge in [-0.2, -0.15) is 0 Å². The van der Waals surface area contributed by atoms with E-state index in [1.807, 2.05) is 67.6 Å². The van der Waals surface area contributed by atoms with E-state index in [-0.39, 0.29) is 5.78 Å². The SMILES string of the molecule is C/C(=C\C(=O)c1ccccc1)Nc1ccccc1Sc1c(Cl)cccc1Cl. The molecular formula is C22H17Cl2NOS. The molecule has 1 N–H and O–H groups in total. The predicted octanol–water partition coefficient (Wildman–Crippen LogP) is 7.34. The first-order valence-corrected chi connectivity index (χ1v) is 9.87. The van der Waals surface area contributed by atoms with Crippen molar-refractivity contribution in [3.05, 3.63) is 100 Å². The van der Waals surface area contributed by atoms with Crippen molar-refractivity contribution in [2.45, 2.75) is 16.7 Å². The van der Waals surface area contributed by atoms with E-state index in [9.17, 15) is 4.79 Å². The van der Waals surface area contributed by atoms with E-state index in [1.54, 1.807) is 18.2 Å². The molecule has 2 nitrogen and oxygen atoms in total. The van der Waals surface area contributed by atoms with Crippen LogP contribution in [0.4, 0.5) is 5.69 Å². The molecule has 0 aliphatic heterocycles. The fraction of sp³-hybridized carbons (Fsp3) is 0.0455. The second-order valence-corrected chi connectivity index (χ2v) is 7.70. The van der Waals surface area contributed by atoms with Gasteiger partial charge in [-0.05, 0) is 31.2 Å². The van der Waals surface area contributed by atoms with Crippen LogP contribution in [0.15, 0.2) is 94.4 Å². The van der Waals surface area contributed by atoms with Gasteiger partial charge in [-0.1, -0.05) is 83.5 Å². The van der Waals surface area contributed by atoms with Crippen LogP contribution in [-0.4, -0.2) is 5.78 Å². The Morgan fingerprint density at radius 3 is 2.22 bits per heavy atom. The summed E-state index contributed by atoms with van der Waals surface area (Å²) in [6.07, 6.45) is 1.60. The fourth-order valence-electron chi connectivity index (χ4n) is 2.48. The van der Waals surface area contributed by atoms with Gasteiger partial charge in [0.2, 0.25) is 0 Å². The highest BCUT2D eigenvalue weighted by molar-refractivity contribution is 7.99. The Balaban J connectivity index is 1.82. The van der Waals surface area contributed by atoms with E-state index in [0.717, 1.165) is 21.2 Å². The minimum atomic E-state index is -0.0418. The van der Waals surface area contributed by atoms with Crippen LogP contribution in [0, 0.1) is 0 Å². The zero-order valence-corrected chi connectivity index (χ0v) is 16.9. The minimum Gasteiger partial charge on any atom is -0.358 e. The number of anilines is 1. The Morgan fingerprint density at radius 1 is 0.889 bits per heavy atom. The molecule has 3 aromatic carbocycles. The summed E-state index contributed by atoms with van der Waals surface area (Å²) in [5.41, 5.74) is 2.29. The number of rotatable bonds is 6. The molecule has 0 saturated carbocycles. The first kappa shape index (κ1) is 19.6. The van der Waals surface area contributed by atoms with Crippen LogP contribution in [0.5, 0.6) is 0 Å². The largest absolute Gasteiger partial charge is 0.358 e. The van der Waals surface area contributed by atoms with E-state index in [2.05, 4.69) is 5.32 Å². The first-order chi connectivity index (χ1) is 13.0. The highest BCUT2D eigenvalue weighted by Crippen LogP contribution is 2.41. The molecule has 0 amide bonds. The van der Waals surface area contributed by atoms with Gasteiger partial charge in [0, 0.05) is 27.1 Å². The average Bonchev–Trinajstić information content (AvgIpc) is 2.66. The van der Waals surface area contributed by atoms with Crippen LogP contribution in [0.25, 0.3) is 0 Å². The molecule has 0 atom stereocenters. The van der Waals surface area contributed by atoms with Crippen molar-refractivity contribution in [1.29, 1.82) is 0 Å². The topological polar surface area (TPSA) is 29.1 Å². The lowest BCUT2D eigenvalue weighted by Crippen LogP contribution is -2.02. The van der Waals surface area contributed by atoms with E-state index in [0.29, 0.717) is 15.6 Å². The summed E-state index contributed by atoms with van der Waals surface area (Å²) in [7, 11) is 0. The Morgan fingerprint density at radius 2 is 1.52 bits per heavy atom. The van der Waals surface area contributed by atoms with E-state index in [1.165, 1.54) is 11.8 Å². The normalized spacial score (nSPS) is 11.3. The Bertz CT molecular complexity index is 966. The number of nitrogens with one attached hydrogen (secondary N) is 1. The van der Waals surface area contributed by atoms with Crippen LogP contribution in [0.3, 0.4) is 0 Å². The maximum atomic E-state index is 12.4. The summed E-state index contributed by atoms with van der Waals surface area (Å²) in [5.74, 6) is -0.0418. The Labute approximate surface area is 173 Å². The quantitative estimate of drug-likeness (QED) is 0.338. The number of carbonyl (C=O) groups excluding carboxylic acids is 1. The van der Waals surface area contributed by atoms with Gasteiger partial charge in [0.15, 0.2) is 5.78 Å². The average molecular weight is 414 g/mol. The third-order valence-corrected chi connectivity index (χ3v) is 5.83. The molecule has 0 aromatic heterocycles. The van der Waals surface area contributed by atoms with Crippen LogP contribution in [0.1, 0.15) is 17.3 Å². The number of carbonyl (C=O) groups is 1. The second-order valence-electron chi connectivity index (χ2n) is 5.83. The molecule has 3 rings (SSSR count). The van der Waals surface area contributed by atoms with E-state index < -0.39 is 0 Å². The first-order valence-electron chi connectivity index (χ1n) is 8.30. The third kappa shape index (κ3) is 5.16. The lowest BCUT2D eigenvalue weighted by atomic mass is 10.1. The number of ketones is 1. The van der Waals surface area contributed by atoms with Gasteiger partial charge in [0.1, 0.15) is 0 Å². The van der Waals surface area contributed by atoms with Crippen molar-refractivity contribution < 1.29 is 4.79 Å². The van der Waals surface area contributed by atoms with Crippen LogP contribution in [-0.2, 0) is 0 Å². The van der Waals surface area contributed by atoms with Gasteiger partial charge in [0.05, 0.1) is 15.7 Å². The molecule has 3 aromatic rings. The van der Waals surface area contributed by atoms with Gasteiger partial charge >= 0.3 is 0 Å². The fourth-order valence-corrected chi connectivity index (χ4v) is 4.04. The predicted molar refractivity (Wildman–Crippen MR) is 115 cm³/mol. The monoisotopic (exact) mass is 413 g/mol. The molecule has 0 bridgehead atoms. The minimum absolute atomic E-state index is 0.0418. The molecule has 5 heteroatoms. The number of halogens is 2. The third-order valence-electron chi connectivity index (χ3n) is 3.76. The van der Waals surface area contributed by atoms with Crippen LogP contribution in [0.2, 0.25) is 10.0 Å². The lowest BCUT2D eigenvalue weighted by molar-refractivity contribution is 0.104. The van der Waals surface area contributed by atoms with Crippen molar-refractivity contribution in [3.63, 3.8) is 0 Å². The molecular weight excluding hydrogens is 397 g/mol. The molecule has 0 aliphatic rings. The van der Waals surface area contributed by atoms with E-state index >= 15 is 0 Å². The maximum absolute atomic E-state index is 12.4. The number of benzene rings is 3. The highest BCUT2D eigenvalue weighted by Gasteiger charge is 2.11. The van der Waals surface area contributed by atoms with Crippen molar-refractivity contribution in [3.8, 4) is 0 Å². The number of para-hydroxylation sites is 1. The number of allylic oxidation sites excluding steroid dienone is 2. The van der Waals surface area contributed by atoms with Gasteiger partial charge in [-0.25, -0.2) is 0 Å². The standard InChI is InChI=1S/C22H17Cl2NOS/c1-15(14-20(26)16-8-3-2-4-9-16)25-19-12-5-6-13-21(19)27-22-17(23)10-7-11-18(22)24/h2-14,25H,1H3/b15-14+. The molecule has 0 saturated heterocycles. The summed E-state index contributed by atoms with van der Waals surface area (Å²) < 4.78 is 0. The summed E-state index contributed by atoms with van der Waals surface area (Å²) in [6, 6.07) is 22.5. The molecule has 0 aliphatic carbocycles. The zero-order chi connectivity index (χ0) is 19.2. The summed E-state index contributed by atoms with van der Waals surface area (Å²) in [6.45, 7) is 1.87. The Hall–Kier alpha value is -2.20. The van der Waals surface area contributed by atoms with Crippen molar-refractivity contribution in [1.82, 2.24) is 0 Å². The molecule has 0 spiro atoms. The molecule has 0 fully saturated rings. The molecule has 0 unspecified atom stereocenters. The van der Waals surface area contributed by atoms with E-state index in [4.69, 9.17) is 23.2 Å². The summed E-state index contributed by atoms with van der Waals surface area (Å²) >= 11 is 14.1. The van der Waals surface area contributed by atoms with Crippen molar-refractivity contribution >= 4 is 46.4 Å². The van der Waals surface area contributed by atoms with Crippen LogP contribution < -0.4 is 5.32 Å². The molecule has 136 valence electrons. The van der Waals surface area contributed by atoms with Crippen LogP contribution >= 0.6 is 35.0 Å². The van der Waals surface area contributed by atoms with Gasteiger partial charge in [0.25, 0.3) is 0 Å². The lowest BCUT2D eigenvalue weighted by Gasteiger charge is -2.13. The van der Waals surface area contributed by atoms with Crippen molar-refractivity contribution in [2.75, 3.05) is 5.32 Å². The second kappa shape index (κ2) is 9.14. The van der Waals surface area contributed by atoms with Gasteiger partial charge < -0.3 is 5.32 Å².